The third kappa shape index (κ3) is 8.48. The summed E-state index contributed by atoms with van der Waals surface area (Å²) in [5.41, 5.74) is 7.32. The molecule has 2 aliphatic carbocycles. The van der Waals surface area contributed by atoms with Gasteiger partial charge in [-0.25, -0.2) is 0 Å². The number of aliphatic hydroxyl groups is 1. The lowest BCUT2D eigenvalue weighted by atomic mass is 9.57. The SMILES string of the molecule is COCCCOc1cc(C[C@@H](C[C@H](N)[C@@H](O)CN(Cl)C(=O)C2(C3CCCCC3)CCC2)C(C)C)ccc1OC. The number of benzene rings is 1. The number of hydrogen-bond donors (Lipinski definition) is 2. The second-order valence-electron chi connectivity index (χ2n) is 12.0. The van der Waals surface area contributed by atoms with E-state index in [9.17, 15) is 9.90 Å². The van der Waals surface area contributed by atoms with Gasteiger partial charge in [-0.1, -0.05) is 45.6 Å². The number of ether oxygens (including phenoxy) is 3. The molecule has 0 bridgehead atoms. The van der Waals surface area contributed by atoms with Gasteiger partial charge >= 0.3 is 0 Å². The second-order valence-corrected chi connectivity index (χ2v) is 12.5. The van der Waals surface area contributed by atoms with E-state index in [0.29, 0.717) is 37.2 Å². The first-order chi connectivity index (χ1) is 18.7. The van der Waals surface area contributed by atoms with Gasteiger partial charge in [0.15, 0.2) is 11.5 Å². The van der Waals surface area contributed by atoms with E-state index in [4.69, 9.17) is 31.7 Å². The van der Waals surface area contributed by atoms with Crippen LogP contribution in [0.25, 0.3) is 0 Å². The molecule has 7 nitrogen and oxygen atoms in total. The molecule has 0 spiro atoms. The highest BCUT2D eigenvalue weighted by Gasteiger charge is 2.51. The van der Waals surface area contributed by atoms with E-state index in [1.807, 2.05) is 12.1 Å². The molecule has 0 saturated heterocycles. The first-order valence-electron chi connectivity index (χ1n) is 14.9. The maximum atomic E-state index is 13.5. The van der Waals surface area contributed by atoms with Gasteiger partial charge in [0, 0.05) is 38.0 Å². The van der Waals surface area contributed by atoms with E-state index in [1.54, 1.807) is 14.2 Å². The molecule has 1 aromatic rings. The summed E-state index contributed by atoms with van der Waals surface area (Å²) in [5.74, 6) is 2.43. The molecule has 2 aliphatic rings. The lowest BCUT2D eigenvalue weighted by molar-refractivity contribution is -0.150. The zero-order valence-electron chi connectivity index (χ0n) is 24.5. The fourth-order valence-corrected chi connectivity index (χ4v) is 6.69. The van der Waals surface area contributed by atoms with Crippen LogP contribution >= 0.6 is 11.8 Å². The van der Waals surface area contributed by atoms with Crippen LogP contribution in [0.3, 0.4) is 0 Å². The zero-order chi connectivity index (χ0) is 28.4. The monoisotopic (exact) mass is 566 g/mol. The molecular weight excluding hydrogens is 516 g/mol. The Kier molecular flexibility index (Phi) is 12.7. The molecule has 3 N–H and O–H groups in total. The third-order valence-electron chi connectivity index (χ3n) is 9.11. The summed E-state index contributed by atoms with van der Waals surface area (Å²) in [4.78, 5) is 13.5. The van der Waals surface area contributed by atoms with Gasteiger partial charge in [-0.2, -0.15) is 0 Å². The molecule has 3 atom stereocenters. The minimum absolute atomic E-state index is 0.00904. The number of nitrogens with zero attached hydrogens (tertiary/aromatic N) is 1. The molecule has 2 saturated carbocycles. The smallest absolute Gasteiger partial charge is 0.243 e. The van der Waals surface area contributed by atoms with Gasteiger partial charge in [0.1, 0.15) is 0 Å². The Balaban J connectivity index is 1.58. The Hall–Kier alpha value is -1.54. The normalized spacial score (nSPS) is 19.7. The average molecular weight is 567 g/mol. The van der Waals surface area contributed by atoms with Crippen LogP contribution in [0.2, 0.25) is 0 Å². The average Bonchev–Trinajstić information content (AvgIpc) is 2.90. The van der Waals surface area contributed by atoms with Crippen LogP contribution in [0, 0.1) is 23.2 Å². The van der Waals surface area contributed by atoms with Crippen molar-refractivity contribution < 1.29 is 24.1 Å². The van der Waals surface area contributed by atoms with Gasteiger partial charge in [-0.05, 0) is 74.0 Å². The van der Waals surface area contributed by atoms with Crippen LogP contribution in [0.5, 0.6) is 11.5 Å². The molecule has 39 heavy (non-hydrogen) atoms. The number of hydrogen-bond acceptors (Lipinski definition) is 6. The first kappa shape index (κ1) is 32.0. The highest BCUT2D eigenvalue weighted by atomic mass is 35.5. The number of aliphatic hydroxyl groups excluding tert-OH is 1. The molecule has 222 valence electrons. The van der Waals surface area contributed by atoms with Crippen molar-refractivity contribution in [2.75, 3.05) is 34.0 Å². The van der Waals surface area contributed by atoms with Gasteiger partial charge in [0.2, 0.25) is 5.91 Å². The zero-order valence-corrected chi connectivity index (χ0v) is 25.3. The van der Waals surface area contributed by atoms with Crippen LogP contribution < -0.4 is 15.2 Å². The predicted octanol–water partition coefficient (Wildman–Crippen LogP) is 5.74. The van der Waals surface area contributed by atoms with Gasteiger partial charge in [-0.3, -0.25) is 9.21 Å². The number of carbonyl (C=O) groups excluding carboxylic acids is 1. The van der Waals surface area contributed by atoms with Crippen molar-refractivity contribution in [2.45, 2.75) is 96.6 Å². The number of amides is 1. The molecule has 1 amide bonds. The summed E-state index contributed by atoms with van der Waals surface area (Å²) in [6, 6.07) is 5.54. The molecule has 0 heterocycles. The Morgan fingerprint density at radius 1 is 1.13 bits per heavy atom. The van der Waals surface area contributed by atoms with Crippen LogP contribution in [0.4, 0.5) is 0 Å². The summed E-state index contributed by atoms with van der Waals surface area (Å²) < 4.78 is 17.8. The minimum Gasteiger partial charge on any atom is -0.493 e. The molecule has 0 radical (unpaired) electrons. The molecule has 8 heteroatoms. The van der Waals surface area contributed by atoms with Gasteiger partial charge in [-0.15, -0.1) is 0 Å². The Morgan fingerprint density at radius 3 is 2.44 bits per heavy atom. The van der Waals surface area contributed by atoms with Crippen molar-refractivity contribution in [3.05, 3.63) is 23.8 Å². The standard InChI is InChI=1S/C31H51ClN2O5/c1-22(2)24(18-23-12-13-28(38-4)29(19-23)39-17-9-16-37-3)20-26(33)27(35)21-34(32)30(36)31(14-8-15-31)25-10-6-5-7-11-25/h12-13,19,22,24-27,35H,5-11,14-18,20-21,33H2,1-4H3/t24-,26-,27-/m0/s1. The maximum Gasteiger partial charge on any atom is 0.243 e. The van der Waals surface area contributed by atoms with Crippen molar-refractivity contribution in [1.29, 1.82) is 0 Å². The first-order valence-corrected chi connectivity index (χ1v) is 15.3. The van der Waals surface area contributed by atoms with Crippen molar-refractivity contribution in [2.24, 2.45) is 28.9 Å². The van der Waals surface area contributed by atoms with E-state index in [2.05, 4.69) is 19.9 Å². The minimum atomic E-state index is -0.883. The molecular formula is C31H51ClN2O5. The van der Waals surface area contributed by atoms with E-state index < -0.39 is 12.1 Å². The van der Waals surface area contributed by atoms with Crippen LogP contribution in [0.15, 0.2) is 18.2 Å². The summed E-state index contributed by atoms with van der Waals surface area (Å²) >= 11 is 6.56. The summed E-state index contributed by atoms with van der Waals surface area (Å²) in [6.07, 6.45) is 10.1. The second kappa shape index (κ2) is 15.5. The number of carbonyl (C=O) groups is 1. The fraction of sp³-hybridized carbons (Fsp3) is 0.774. The number of nitrogens with two attached hydrogens (primary N) is 1. The van der Waals surface area contributed by atoms with Crippen molar-refractivity contribution in [3.8, 4) is 11.5 Å². The van der Waals surface area contributed by atoms with Crippen molar-refractivity contribution >= 4 is 17.7 Å². The Morgan fingerprint density at radius 2 is 1.85 bits per heavy atom. The van der Waals surface area contributed by atoms with Crippen LogP contribution in [0.1, 0.15) is 83.6 Å². The number of methoxy groups -OCH3 is 2. The van der Waals surface area contributed by atoms with Gasteiger partial charge in [0.05, 0.1) is 31.8 Å². The number of rotatable bonds is 16. The molecule has 2 fully saturated rings. The fourth-order valence-electron chi connectivity index (χ4n) is 6.38. The van der Waals surface area contributed by atoms with Gasteiger partial charge in [0.25, 0.3) is 0 Å². The molecule has 0 aliphatic heterocycles. The summed E-state index contributed by atoms with van der Waals surface area (Å²) in [5, 5.41) is 11.0. The quantitative estimate of drug-likeness (QED) is 0.196. The lowest BCUT2D eigenvalue weighted by Gasteiger charge is -2.49. The molecule has 1 aromatic carbocycles. The molecule has 3 rings (SSSR count). The van der Waals surface area contributed by atoms with Gasteiger partial charge < -0.3 is 25.1 Å². The largest absolute Gasteiger partial charge is 0.493 e. The predicted molar refractivity (Wildman–Crippen MR) is 156 cm³/mol. The summed E-state index contributed by atoms with van der Waals surface area (Å²) in [6.45, 7) is 5.61. The molecule has 0 aromatic heterocycles. The van der Waals surface area contributed by atoms with Crippen molar-refractivity contribution in [3.63, 3.8) is 0 Å². The molecule has 0 unspecified atom stereocenters. The van der Waals surface area contributed by atoms with Crippen LogP contribution in [-0.2, 0) is 16.0 Å². The van der Waals surface area contributed by atoms with E-state index >= 15 is 0 Å². The van der Waals surface area contributed by atoms with E-state index in [-0.39, 0.29) is 23.8 Å². The van der Waals surface area contributed by atoms with Crippen molar-refractivity contribution in [1.82, 2.24) is 4.42 Å². The van der Waals surface area contributed by atoms with Crippen LogP contribution in [-0.4, -0.2) is 61.6 Å². The highest BCUT2D eigenvalue weighted by molar-refractivity contribution is 6.22. The Bertz CT molecular complexity index is 888. The maximum absolute atomic E-state index is 13.5. The number of halogens is 1. The summed E-state index contributed by atoms with van der Waals surface area (Å²) in [7, 11) is 3.32. The van der Waals surface area contributed by atoms with E-state index in [1.165, 1.54) is 23.7 Å². The topological polar surface area (TPSA) is 94.3 Å². The highest BCUT2D eigenvalue weighted by Crippen LogP contribution is 2.53. The van der Waals surface area contributed by atoms with E-state index in [0.717, 1.165) is 56.3 Å². The Labute approximate surface area is 240 Å². The lowest BCUT2D eigenvalue weighted by Crippen LogP contribution is -2.52. The third-order valence-corrected chi connectivity index (χ3v) is 9.41.